The monoisotopic (exact) mass is 207 g/mol. The van der Waals surface area contributed by atoms with Gasteiger partial charge >= 0.3 is 0 Å². The molecule has 2 N–H and O–H groups in total. The summed E-state index contributed by atoms with van der Waals surface area (Å²) in [6.07, 6.45) is 3.20. The van der Waals surface area contributed by atoms with Gasteiger partial charge in [-0.05, 0) is 23.9 Å². The minimum atomic E-state index is 0.653. The van der Waals surface area contributed by atoms with Gasteiger partial charge in [0, 0.05) is 13.2 Å². The number of nitrogens with two attached hydrogens (primary N) is 1. The lowest BCUT2D eigenvalue weighted by Crippen LogP contribution is -1.95. The third-order valence-electron chi connectivity index (χ3n) is 1.66. The predicted molar refractivity (Wildman–Crippen MR) is 53.8 cm³/mol. The minimum absolute atomic E-state index is 0.653. The van der Waals surface area contributed by atoms with E-state index in [2.05, 4.69) is 15.1 Å². The van der Waals surface area contributed by atoms with Gasteiger partial charge in [0.25, 0.3) is 0 Å². The first-order valence-electron chi connectivity index (χ1n) is 3.99. The van der Waals surface area contributed by atoms with Crippen LogP contribution in [-0.2, 0) is 7.05 Å². The van der Waals surface area contributed by atoms with Crippen molar-refractivity contribution in [2.24, 2.45) is 7.05 Å². The Morgan fingerprint density at radius 2 is 2.29 bits per heavy atom. The van der Waals surface area contributed by atoms with Crippen LogP contribution in [0.2, 0.25) is 0 Å². The summed E-state index contributed by atoms with van der Waals surface area (Å²) < 4.78 is 1.68. The number of hydrogen-bond acceptors (Lipinski definition) is 5. The zero-order valence-corrected chi connectivity index (χ0v) is 8.40. The maximum Gasteiger partial charge on any atom is 0.192 e. The van der Waals surface area contributed by atoms with Gasteiger partial charge < -0.3 is 5.73 Å². The Balaban J connectivity index is 2.28. The van der Waals surface area contributed by atoms with E-state index in [0.29, 0.717) is 5.69 Å². The number of nitrogen functional groups attached to an aromatic ring is 1. The summed E-state index contributed by atoms with van der Waals surface area (Å²) in [6, 6.07) is 3.61. The first-order valence-corrected chi connectivity index (χ1v) is 4.81. The standard InChI is InChI=1S/C8H9N5S/c1-13-8(11-5-12-13)14-7-6(9)3-2-4-10-7/h2-5H,9H2,1H3. The van der Waals surface area contributed by atoms with Crippen molar-refractivity contribution in [2.75, 3.05) is 5.73 Å². The third kappa shape index (κ3) is 1.69. The highest BCUT2D eigenvalue weighted by Gasteiger charge is 2.06. The van der Waals surface area contributed by atoms with Crippen LogP contribution < -0.4 is 5.73 Å². The summed E-state index contributed by atoms with van der Waals surface area (Å²) in [5.74, 6) is 0. The molecule has 0 aliphatic carbocycles. The first kappa shape index (κ1) is 9.01. The number of nitrogens with zero attached hydrogens (tertiary/aromatic N) is 4. The molecule has 0 amide bonds. The highest BCUT2D eigenvalue weighted by molar-refractivity contribution is 7.99. The summed E-state index contributed by atoms with van der Waals surface area (Å²) in [6.45, 7) is 0. The van der Waals surface area contributed by atoms with E-state index >= 15 is 0 Å². The van der Waals surface area contributed by atoms with Gasteiger partial charge in [0.1, 0.15) is 11.4 Å². The number of aryl methyl sites for hydroxylation is 1. The number of aromatic nitrogens is 4. The Morgan fingerprint density at radius 3 is 2.93 bits per heavy atom. The van der Waals surface area contributed by atoms with Crippen LogP contribution >= 0.6 is 11.8 Å². The van der Waals surface area contributed by atoms with Crippen LogP contribution in [0.3, 0.4) is 0 Å². The molecular formula is C8H9N5S. The van der Waals surface area contributed by atoms with Crippen molar-refractivity contribution >= 4 is 17.4 Å². The van der Waals surface area contributed by atoms with E-state index in [4.69, 9.17) is 5.73 Å². The van der Waals surface area contributed by atoms with Gasteiger partial charge in [-0.15, -0.1) is 0 Å². The normalized spacial score (nSPS) is 10.4. The molecule has 0 aliphatic rings. The molecule has 0 spiro atoms. The van der Waals surface area contributed by atoms with Crippen molar-refractivity contribution < 1.29 is 0 Å². The lowest BCUT2D eigenvalue weighted by molar-refractivity contribution is 0.684. The zero-order valence-electron chi connectivity index (χ0n) is 7.58. The van der Waals surface area contributed by atoms with E-state index in [1.165, 1.54) is 18.1 Å². The van der Waals surface area contributed by atoms with E-state index < -0.39 is 0 Å². The summed E-state index contributed by atoms with van der Waals surface area (Å²) in [4.78, 5) is 8.22. The van der Waals surface area contributed by atoms with Crippen molar-refractivity contribution in [1.29, 1.82) is 0 Å². The van der Waals surface area contributed by atoms with E-state index in [9.17, 15) is 0 Å². The van der Waals surface area contributed by atoms with Crippen LogP contribution in [0.5, 0.6) is 0 Å². The Morgan fingerprint density at radius 1 is 1.43 bits per heavy atom. The highest BCUT2D eigenvalue weighted by atomic mass is 32.2. The van der Waals surface area contributed by atoms with Gasteiger partial charge in [-0.1, -0.05) is 0 Å². The molecule has 2 rings (SSSR count). The Labute approximate surface area is 85.4 Å². The van der Waals surface area contributed by atoms with Crippen LogP contribution in [0, 0.1) is 0 Å². The largest absolute Gasteiger partial charge is 0.397 e. The van der Waals surface area contributed by atoms with Gasteiger partial charge in [0.15, 0.2) is 5.16 Å². The number of pyridine rings is 1. The molecule has 0 bridgehead atoms. The Kier molecular flexibility index (Phi) is 2.36. The van der Waals surface area contributed by atoms with Crippen molar-refractivity contribution in [2.45, 2.75) is 10.2 Å². The fourth-order valence-corrected chi connectivity index (χ4v) is 1.70. The van der Waals surface area contributed by atoms with E-state index in [-0.39, 0.29) is 0 Å². The molecule has 0 fully saturated rings. The molecule has 5 nitrogen and oxygen atoms in total. The second kappa shape index (κ2) is 3.67. The van der Waals surface area contributed by atoms with Crippen LogP contribution in [0.1, 0.15) is 0 Å². The average molecular weight is 207 g/mol. The molecule has 0 unspecified atom stereocenters. The van der Waals surface area contributed by atoms with Crippen LogP contribution in [0.4, 0.5) is 5.69 Å². The molecule has 72 valence electrons. The molecule has 0 atom stereocenters. The minimum Gasteiger partial charge on any atom is -0.397 e. The van der Waals surface area contributed by atoms with E-state index in [1.807, 2.05) is 13.1 Å². The van der Waals surface area contributed by atoms with Crippen LogP contribution in [0.25, 0.3) is 0 Å². The molecule has 14 heavy (non-hydrogen) atoms. The van der Waals surface area contributed by atoms with Gasteiger partial charge in [0.2, 0.25) is 0 Å². The molecule has 0 radical (unpaired) electrons. The Bertz CT molecular complexity index is 439. The van der Waals surface area contributed by atoms with Gasteiger partial charge in [-0.3, -0.25) is 0 Å². The van der Waals surface area contributed by atoms with Crippen molar-refractivity contribution in [3.63, 3.8) is 0 Å². The van der Waals surface area contributed by atoms with E-state index in [1.54, 1.807) is 16.9 Å². The lowest BCUT2D eigenvalue weighted by atomic mass is 10.4. The molecule has 0 aromatic carbocycles. The highest BCUT2D eigenvalue weighted by Crippen LogP contribution is 2.27. The number of rotatable bonds is 2. The quantitative estimate of drug-likeness (QED) is 0.793. The van der Waals surface area contributed by atoms with Crippen LogP contribution in [-0.4, -0.2) is 19.7 Å². The molecule has 6 heteroatoms. The predicted octanol–water partition coefficient (Wildman–Crippen LogP) is 0.944. The summed E-state index contributed by atoms with van der Waals surface area (Å²) >= 11 is 1.40. The Hall–Kier alpha value is -1.56. The summed E-state index contributed by atoms with van der Waals surface area (Å²) in [7, 11) is 1.83. The molecule has 2 heterocycles. The smallest absolute Gasteiger partial charge is 0.192 e. The van der Waals surface area contributed by atoms with Gasteiger partial charge in [0.05, 0.1) is 5.69 Å². The third-order valence-corrected chi connectivity index (χ3v) is 2.75. The van der Waals surface area contributed by atoms with Crippen LogP contribution in [0.15, 0.2) is 34.8 Å². The molecule has 0 saturated heterocycles. The number of anilines is 1. The number of hydrogen-bond donors (Lipinski definition) is 1. The van der Waals surface area contributed by atoms with Crippen molar-refractivity contribution in [3.05, 3.63) is 24.7 Å². The zero-order chi connectivity index (χ0) is 9.97. The first-order chi connectivity index (χ1) is 6.77. The topological polar surface area (TPSA) is 69.6 Å². The molecular weight excluding hydrogens is 198 g/mol. The van der Waals surface area contributed by atoms with Crippen molar-refractivity contribution in [3.8, 4) is 0 Å². The van der Waals surface area contributed by atoms with Gasteiger partial charge in [-0.2, -0.15) is 5.10 Å². The van der Waals surface area contributed by atoms with E-state index in [0.717, 1.165) is 10.2 Å². The maximum absolute atomic E-state index is 5.75. The summed E-state index contributed by atoms with van der Waals surface area (Å²) in [5, 5.41) is 5.49. The second-order valence-electron chi connectivity index (χ2n) is 2.67. The fraction of sp³-hybridized carbons (Fsp3) is 0.125. The lowest BCUT2D eigenvalue weighted by Gasteiger charge is -2.01. The molecule has 0 saturated carbocycles. The fourth-order valence-electron chi connectivity index (χ4n) is 0.953. The van der Waals surface area contributed by atoms with Gasteiger partial charge in [-0.25, -0.2) is 14.6 Å². The SMILES string of the molecule is Cn1ncnc1Sc1ncccc1N. The molecule has 0 aliphatic heterocycles. The molecule has 2 aromatic rings. The molecule has 2 aromatic heterocycles. The maximum atomic E-state index is 5.75. The average Bonchev–Trinajstić information content (AvgIpc) is 2.56. The van der Waals surface area contributed by atoms with Crippen molar-refractivity contribution in [1.82, 2.24) is 19.7 Å². The summed E-state index contributed by atoms with van der Waals surface area (Å²) in [5.41, 5.74) is 6.40. The second-order valence-corrected chi connectivity index (χ2v) is 3.62.